The fourth-order valence-electron chi connectivity index (χ4n) is 9.33. The molecule has 0 radical (unpaired) electrons. The molecule has 4 aliphatic heterocycles. The van der Waals surface area contributed by atoms with Gasteiger partial charge in [-0.2, -0.15) is 9.97 Å². The van der Waals surface area contributed by atoms with Gasteiger partial charge < -0.3 is 24.8 Å². The van der Waals surface area contributed by atoms with Crippen molar-refractivity contribution in [3.8, 4) is 35.2 Å². The number of benzene rings is 3. The number of nitrogens with one attached hydrogen (secondary N) is 1. The zero-order valence-electron chi connectivity index (χ0n) is 29.4. The van der Waals surface area contributed by atoms with Crippen LogP contribution in [0.4, 0.5) is 14.6 Å². The predicted octanol–water partition coefficient (Wildman–Crippen LogP) is 6.89. The fourth-order valence-corrected chi connectivity index (χ4v) is 9.33. The number of rotatable bonds is 8. The lowest BCUT2D eigenvalue weighted by Crippen LogP contribution is -2.51. The average Bonchev–Trinajstić information content (AvgIpc) is 3.36. The number of ether oxygens (including phenoxy) is 2. The minimum absolute atomic E-state index is 0.0121. The van der Waals surface area contributed by atoms with E-state index < -0.39 is 11.6 Å². The van der Waals surface area contributed by atoms with Crippen molar-refractivity contribution in [2.75, 3.05) is 50.8 Å². The number of terminal acetylenes is 1. The van der Waals surface area contributed by atoms with Crippen LogP contribution in [-0.2, 0) is 4.74 Å². The van der Waals surface area contributed by atoms with E-state index in [2.05, 4.69) is 21.0 Å². The second kappa shape index (κ2) is 12.3. The molecule has 2 N–H and O–H groups in total. The smallest absolute Gasteiger partial charge is 0.319 e. The molecule has 2 bridgehead atoms. The molecule has 51 heavy (non-hydrogen) atoms. The topological polar surface area (TPSA) is 83.0 Å². The summed E-state index contributed by atoms with van der Waals surface area (Å²) in [6, 6.07) is 8.64. The maximum atomic E-state index is 17.5. The van der Waals surface area contributed by atoms with E-state index in [4.69, 9.17) is 25.9 Å². The number of phenols is 1. The summed E-state index contributed by atoms with van der Waals surface area (Å²) in [5.41, 5.74) is 1.47. The van der Waals surface area contributed by atoms with Crippen LogP contribution in [-0.4, -0.2) is 83.6 Å². The number of phenolic OH excluding ortho intramolecular Hbond substituents is 1. The highest BCUT2D eigenvalue weighted by Gasteiger charge is 2.49. The second-order valence-electron chi connectivity index (χ2n) is 16.1. The number of hydrogen-bond donors (Lipinski definition) is 2. The lowest BCUT2D eigenvalue weighted by molar-refractivity contribution is 0.0105. The van der Waals surface area contributed by atoms with Crippen molar-refractivity contribution in [3.63, 3.8) is 0 Å². The van der Waals surface area contributed by atoms with E-state index in [1.807, 2.05) is 19.9 Å². The number of anilines is 1. The Bertz CT molecular complexity index is 2070. The number of aromatic hydroxyl groups is 1. The Morgan fingerprint density at radius 1 is 1.10 bits per heavy atom. The van der Waals surface area contributed by atoms with Crippen molar-refractivity contribution >= 4 is 27.5 Å². The molecule has 4 aromatic rings. The maximum absolute atomic E-state index is 17.5. The monoisotopic (exact) mass is 693 g/mol. The van der Waals surface area contributed by atoms with Crippen LogP contribution in [0, 0.1) is 29.4 Å². The molecular formula is C41H45F2N5O3. The summed E-state index contributed by atoms with van der Waals surface area (Å²) in [5, 5.41) is 16.0. The highest BCUT2D eigenvalue weighted by Crippen LogP contribution is 2.49. The highest BCUT2D eigenvalue weighted by atomic mass is 19.1. The van der Waals surface area contributed by atoms with Crippen LogP contribution in [0.5, 0.6) is 11.8 Å². The van der Waals surface area contributed by atoms with Crippen molar-refractivity contribution < 1.29 is 23.4 Å². The Balaban J connectivity index is 1.15. The quantitative estimate of drug-likeness (QED) is 0.193. The number of fused-ring (bicyclic) bond motifs is 4. The summed E-state index contributed by atoms with van der Waals surface area (Å²) in [7, 11) is 0. The molecule has 5 heterocycles. The Morgan fingerprint density at radius 2 is 1.90 bits per heavy atom. The lowest BCUT2D eigenvalue weighted by Gasteiger charge is -2.34. The van der Waals surface area contributed by atoms with Gasteiger partial charge in [-0.15, -0.1) is 6.42 Å². The fraction of sp³-hybridized carbons (Fsp3) is 0.512. The molecule has 3 unspecified atom stereocenters. The van der Waals surface area contributed by atoms with Gasteiger partial charge in [-0.25, -0.2) is 8.78 Å². The number of likely N-dealkylation sites (tertiary alicyclic amines) is 1. The van der Waals surface area contributed by atoms with E-state index in [0.717, 1.165) is 84.3 Å². The maximum Gasteiger partial charge on any atom is 0.319 e. The molecule has 9 rings (SSSR count). The molecule has 266 valence electrons. The predicted molar refractivity (Wildman–Crippen MR) is 194 cm³/mol. The molecule has 8 nitrogen and oxygen atoms in total. The second-order valence-corrected chi connectivity index (χ2v) is 16.1. The molecule has 4 saturated heterocycles. The number of piperazine rings is 1. The third-order valence-electron chi connectivity index (χ3n) is 12.1. The van der Waals surface area contributed by atoms with E-state index in [1.165, 1.54) is 18.2 Å². The van der Waals surface area contributed by atoms with Gasteiger partial charge in [0.15, 0.2) is 5.82 Å². The normalized spacial score (nSPS) is 25.5. The molecule has 3 aromatic carbocycles. The van der Waals surface area contributed by atoms with E-state index in [0.29, 0.717) is 51.8 Å². The van der Waals surface area contributed by atoms with E-state index in [9.17, 15) is 5.11 Å². The number of aromatic nitrogens is 2. The van der Waals surface area contributed by atoms with Gasteiger partial charge in [-0.1, -0.05) is 25.8 Å². The van der Waals surface area contributed by atoms with Gasteiger partial charge in [0.05, 0.1) is 17.8 Å². The Labute approximate surface area is 297 Å². The van der Waals surface area contributed by atoms with Crippen molar-refractivity contribution in [1.29, 1.82) is 0 Å². The Kier molecular flexibility index (Phi) is 7.91. The molecule has 1 spiro atoms. The largest absolute Gasteiger partial charge is 0.508 e. The molecule has 5 fully saturated rings. The summed E-state index contributed by atoms with van der Waals surface area (Å²) < 4.78 is 45.3. The first-order chi connectivity index (χ1) is 24.6. The molecule has 1 aromatic heterocycles. The van der Waals surface area contributed by atoms with Gasteiger partial charge in [0.2, 0.25) is 0 Å². The van der Waals surface area contributed by atoms with Crippen LogP contribution < -0.4 is 15.0 Å². The standard InChI is InChI=1S/C41H45F2N5O3/c1-4-29-33(42)9-6-25-16-28(49)17-31(34(25)29)35-30(24(2)3)18-32-37(36(35)43)45-39(46-38(32)48-19-26-7-8-27(20-48)44-26)50-23-40(11-12-40)21-47-14-13-41(22-47)10-5-15-51-41/h1,6,9,16-18,24,26-27,44,49H,5,7-8,10-15,19-23H2,2-3H3. The Hall–Kier alpha value is -4.04. The molecule has 1 saturated carbocycles. The number of hydrogen-bond acceptors (Lipinski definition) is 8. The van der Waals surface area contributed by atoms with Gasteiger partial charge in [0, 0.05) is 73.2 Å². The average molecular weight is 694 g/mol. The van der Waals surface area contributed by atoms with Crippen molar-refractivity contribution in [2.24, 2.45) is 5.41 Å². The van der Waals surface area contributed by atoms with Crippen LogP contribution in [0.1, 0.15) is 75.8 Å². The molecular weight excluding hydrogens is 648 g/mol. The van der Waals surface area contributed by atoms with Crippen LogP contribution in [0.15, 0.2) is 30.3 Å². The van der Waals surface area contributed by atoms with Crippen molar-refractivity contribution in [1.82, 2.24) is 20.2 Å². The minimum atomic E-state index is -0.577. The first-order valence-electron chi connectivity index (χ1n) is 18.6. The summed E-state index contributed by atoms with van der Waals surface area (Å²) in [5.74, 6) is 1.81. The molecule has 0 amide bonds. The van der Waals surface area contributed by atoms with Gasteiger partial charge in [0.1, 0.15) is 22.9 Å². The highest BCUT2D eigenvalue weighted by molar-refractivity contribution is 6.05. The summed E-state index contributed by atoms with van der Waals surface area (Å²) in [6.45, 7) is 9.76. The van der Waals surface area contributed by atoms with E-state index in [-0.39, 0.29) is 45.3 Å². The van der Waals surface area contributed by atoms with Crippen molar-refractivity contribution in [2.45, 2.75) is 82.4 Å². The minimum Gasteiger partial charge on any atom is -0.508 e. The Morgan fingerprint density at radius 3 is 2.61 bits per heavy atom. The molecule has 10 heteroatoms. The first-order valence-corrected chi connectivity index (χ1v) is 18.6. The van der Waals surface area contributed by atoms with Gasteiger partial charge in [-0.3, -0.25) is 4.90 Å². The van der Waals surface area contributed by atoms with Crippen LogP contribution in [0.3, 0.4) is 0 Å². The van der Waals surface area contributed by atoms with Crippen LogP contribution in [0.25, 0.3) is 32.8 Å². The van der Waals surface area contributed by atoms with Gasteiger partial charge in [0.25, 0.3) is 0 Å². The van der Waals surface area contributed by atoms with E-state index >= 15 is 8.78 Å². The summed E-state index contributed by atoms with van der Waals surface area (Å²) in [4.78, 5) is 14.6. The van der Waals surface area contributed by atoms with Crippen LogP contribution in [0.2, 0.25) is 0 Å². The zero-order chi connectivity index (χ0) is 35.1. The third-order valence-corrected chi connectivity index (χ3v) is 12.1. The summed E-state index contributed by atoms with van der Waals surface area (Å²) in [6.07, 6.45) is 13.5. The molecule has 1 aliphatic carbocycles. The SMILES string of the molecule is C#Cc1c(F)ccc2cc(O)cc(-c3c(C(C)C)cc4c(N5CC6CCC(C5)N6)nc(OCC5(CN6CCC7(CCCO7)C6)CC5)nc4c3F)c12. The molecule has 5 aliphatic rings. The lowest BCUT2D eigenvalue weighted by atomic mass is 9.86. The van der Waals surface area contributed by atoms with Gasteiger partial charge >= 0.3 is 6.01 Å². The van der Waals surface area contributed by atoms with E-state index in [1.54, 1.807) is 6.07 Å². The third kappa shape index (κ3) is 5.78. The number of nitrogens with zero attached hydrogens (tertiary/aromatic N) is 4. The summed E-state index contributed by atoms with van der Waals surface area (Å²) >= 11 is 0. The van der Waals surface area contributed by atoms with Crippen LogP contribution >= 0.6 is 0 Å². The first kappa shape index (κ1) is 32.8. The van der Waals surface area contributed by atoms with Crippen molar-refractivity contribution in [3.05, 3.63) is 53.1 Å². The molecule has 3 atom stereocenters. The number of halogens is 2. The van der Waals surface area contributed by atoms with Gasteiger partial charge in [-0.05, 0) is 91.6 Å². The zero-order valence-corrected chi connectivity index (χ0v) is 29.4.